The number of hydrogen-bond acceptors (Lipinski definition) is 6. The van der Waals surface area contributed by atoms with Gasteiger partial charge >= 0.3 is 5.97 Å². The van der Waals surface area contributed by atoms with Gasteiger partial charge in [0.25, 0.3) is 0 Å². The van der Waals surface area contributed by atoms with Gasteiger partial charge in [0.15, 0.2) is 0 Å². The highest BCUT2D eigenvalue weighted by molar-refractivity contribution is 7.89. The fraction of sp³-hybridized carbons (Fsp3) is 0.250. The number of ether oxygens (including phenoxy) is 1. The van der Waals surface area contributed by atoms with Gasteiger partial charge < -0.3 is 4.74 Å². The standard InChI is InChI=1S/C12H13NO4S3/c1-17-12(14)11-10(5-8-19-11)20(15,16)13-6-4-9-3-2-7-18-9/h2-3,5,7-8,13H,4,6H2,1H3. The monoisotopic (exact) mass is 331 g/mol. The summed E-state index contributed by atoms with van der Waals surface area (Å²) in [6.45, 7) is 0.291. The average Bonchev–Trinajstić information content (AvgIpc) is 3.08. The van der Waals surface area contributed by atoms with Crippen LogP contribution in [0.1, 0.15) is 14.5 Å². The molecule has 108 valence electrons. The Morgan fingerprint density at radius 2 is 2.10 bits per heavy atom. The van der Waals surface area contributed by atoms with Gasteiger partial charge in [-0.2, -0.15) is 0 Å². The van der Waals surface area contributed by atoms with Crippen LogP contribution in [0.3, 0.4) is 0 Å². The molecule has 0 unspecified atom stereocenters. The fourth-order valence-electron chi connectivity index (χ4n) is 1.59. The summed E-state index contributed by atoms with van der Waals surface area (Å²) >= 11 is 2.62. The molecule has 0 aliphatic carbocycles. The van der Waals surface area contributed by atoms with Crippen LogP contribution >= 0.6 is 22.7 Å². The lowest BCUT2D eigenvalue weighted by Crippen LogP contribution is -2.26. The van der Waals surface area contributed by atoms with E-state index in [0.717, 1.165) is 16.2 Å². The number of nitrogens with one attached hydrogen (secondary N) is 1. The van der Waals surface area contributed by atoms with Gasteiger partial charge in [0.05, 0.1) is 7.11 Å². The number of carbonyl (C=O) groups is 1. The third-order valence-electron chi connectivity index (χ3n) is 2.53. The number of hydrogen-bond donors (Lipinski definition) is 1. The average molecular weight is 331 g/mol. The molecule has 0 bridgehead atoms. The molecule has 0 aliphatic rings. The number of rotatable bonds is 6. The number of sulfonamides is 1. The van der Waals surface area contributed by atoms with Crippen molar-refractivity contribution in [1.82, 2.24) is 4.72 Å². The summed E-state index contributed by atoms with van der Waals surface area (Å²) < 4.78 is 31.4. The van der Waals surface area contributed by atoms with Crippen LogP contribution in [0.5, 0.6) is 0 Å². The Balaban J connectivity index is 2.07. The highest BCUT2D eigenvalue weighted by Gasteiger charge is 2.24. The largest absolute Gasteiger partial charge is 0.465 e. The summed E-state index contributed by atoms with van der Waals surface area (Å²) in [5.74, 6) is -0.640. The first-order chi connectivity index (χ1) is 9.54. The van der Waals surface area contributed by atoms with Crippen LogP contribution in [0, 0.1) is 0 Å². The first-order valence-electron chi connectivity index (χ1n) is 5.72. The molecule has 20 heavy (non-hydrogen) atoms. The second kappa shape index (κ2) is 6.49. The lowest BCUT2D eigenvalue weighted by atomic mass is 10.3. The Morgan fingerprint density at radius 1 is 1.30 bits per heavy atom. The highest BCUT2D eigenvalue weighted by Crippen LogP contribution is 2.22. The third kappa shape index (κ3) is 3.45. The van der Waals surface area contributed by atoms with E-state index in [1.54, 1.807) is 16.7 Å². The summed E-state index contributed by atoms with van der Waals surface area (Å²) in [6, 6.07) is 5.27. The van der Waals surface area contributed by atoms with Gasteiger partial charge in [-0.25, -0.2) is 17.9 Å². The number of esters is 1. The minimum absolute atomic E-state index is 0.0273. The summed E-state index contributed by atoms with van der Waals surface area (Å²) in [5, 5.41) is 3.50. The molecule has 0 aliphatic heterocycles. The molecular formula is C12H13NO4S3. The van der Waals surface area contributed by atoms with E-state index in [1.165, 1.54) is 13.2 Å². The molecule has 5 nitrogen and oxygen atoms in total. The van der Waals surface area contributed by atoms with Gasteiger partial charge in [0.1, 0.15) is 9.77 Å². The maximum Gasteiger partial charge on any atom is 0.349 e. The molecule has 0 spiro atoms. The van der Waals surface area contributed by atoms with Gasteiger partial charge in [-0.05, 0) is 29.3 Å². The van der Waals surface area contributed by atoms with Crippen molar-refractivity contribution in [2.24, 2.45) is 0 Å². The van der Waals surface area contributed by atoms with Crippen molar-refractivity contribution in [3.05, 3.63) is 38.7 Å². The lowest BCUT2D eigenvalue weighted by molar-refractivity contribution is 0.0602. The Kier molecular flexibility index (Phi) is 4.92. The van der Waals surface area contributed by atoms with Crippen LogP contribution < -0.4 is 4.72 Å². The van der Waals surface area contributed by atoms with Crippen LogP contribution in [-0.4, -0.2) is 28.0 Å². The van der Waals surface area contributed by atoms with E-state index in [-0.39, 0.29) is 9.77 Å². The zero-order chi connectivity index (χ0) is 14.6. The van der Waals surface area contributed by atoms with Gasteiger partial charge in [0, 0.05) is 11.4 Å². The molecule has 0 aromatic carbocycles. The smallest absolute Gasteiger partial charge is 0.349 e. The molecule has 0 atom stereocenters. The predicted molar refractivity (Wildman–Crippen MR) is 78.9 cm³/mol. The molecule has 8 heteroatoms. The molecular weight excluding hydrogens is 318 g/mol. The van der Waals surface area contributed by atoms with Gasteiger partial charge in [-0.15, -0.1) is 22.7 Å². The highest BCUT2D eigenvalue weighted by atomic mass is 32.2. The van der Waals surface area contributed by atoms with Gasteiger partial charge in [-0.1, -0.05) is 6.07 Å². The molecule has 0 saturated heterocycles. The Bertz CT molecular complexity index is 673. The lowest BCUT2D eigenvalue weighted by Gasteiger charge is -2.06. The maximum absolute atomic E-state index is 12.2. The van der Waals surface area contributed by atoms with Crippen molar-refractivity contribution < 1.29 is 17.9 Å². The quantitative estimate of drug-likeness (QED) is 0.823. The van der Waals surface area contributed by atoms with Crippen molar-refractivity contribution in [2.75, 3.05) is 13.7 Å². The second-order valence-corrected chi connectivity index (χ2v) is 7.52. The molecule has 0 saturated carbocycles. The first-order valence-corrected chi connectivity index (χ1v) is 8.96. The number of thiophene rings is 2. The zero-order valence-corrected chi connectivity index (χ0v) is 13.1. The van der Waals surface area contributed by atoms with Gasteiger partial charge in [0.2, 0.25) is 10.0 Å². The van der Waals surface area contributed by atoms with E-state index in [1.807, 2.05) is 17.5 Å². The van der Waals surface area contributed by atoms with E-state index in [2.05, 4.69) is 9.46 Å². The number of methoxy groups -OCH3 is 1. The molecule has 2 heterocycles. The van der Waals surface area contributed by atoms with Crippen LogP contribution in [0.15, 0.2) is 33.9 Å². The summed E-state index contributed by atoms with van der Waals surface area (Å²) in [7, 11) is -2.47. The minimum Gasteiger partial charge on any atom is -0.465 e. The van der Waals surface area contributed by atoms with Crippen molar-refractivity contribution in [2.45, 2.75) is 11.3 Å². The molecule has 0 fully saturated rings. The molecule has 0 radical (unpaired) electrons. The third-order valence-corrected chi connectivity index (χ3v) is 6.00. The van der Waals surface area contributed by atoms with Crippen molar-refractivity contribution in [1.29, 1.82) is 0 Å². The predicted octanol–water partition coefficient (Wildman–Crippen LogP) is 2.12. The zero-order valence-electron chi connectivity index (χ0n) is 10.7. The topological polar surface area (TPSA) is 72.5 Å². The summed E-state index contributed by atoms with van der Waals surface area (Å²) in [5.41, 5.74) is 0. The molecule has 2 rings (SSSR count). The van der Waals surface area contributed by atoms with E-state index in [9.17, 15) is 13.2 Å². The SMILES string of the molecule is COC(=O)c1sccc1S(=O)(=O)NCCc1cccs1. The van der Waals surface area contributed by atoms with Crippen molar-refractivity contribution in [3.63, 3.8) is 0 Å². The molecule has 2 aromatic rings. The van der Waals surface area contributed by atoms with Crippen LogP contribution in [-0.2, 0) is 21.2 Å². The molecule has 2 aromatic heterocycles. The van der Waals surface area contributed by atoms with E-state index < -0.39 is 16.0 Å². The normalized spacial score (nSPS) is 11.4. The van der Waals surface area contributed by atoms with Crippen molar-refractivity contribution >= 4 is 38.7 Å². The minimum atomic E-state index is -3.69. The Hall–Kier alpha value is -1.22. The molecule has 1 N–H and O–H groups in total. The maximum atomic E-state index is 12.2. The van der Waals surface area contributed by atoms with Gasteiger partial charge in [-0.3, -0.25) is 0 Å². The van der Waals surface area contributed by atoms with Crippen LogP contribution in [0.2, 0.25) is 0 Å². The van der Waals surface area contributed by atoms with Crippen LogP contribution in [0.25, 0.3) is 0 Å². The van der Waals surface area contributed by atoms with Crippen molar-refractivity contribution in [3.8, 4) is 0 Å². The second-order valence-electron chi connectivity index (χ2n) is 3.83. The summed E-state index contributed by atoms with van der Waals surface area (Å²) in [4.78, 5) is 12.7. The van der Waals surface area contributed by atoms with Crippen LogP contribution in [0.4, 0.5) is 0 Å². The Morgan fingerprint density at radius 3 is 2.75 bits per heavy atom. The first kappa shape index (κ1) is 15.2. The number of carbonyl (C=O) groups excluding carboxylic acids is 1. The van der Waals surface area contributed by atoms with E-state index in [4.69, 9.17) is 0 Å². The fourth-order valence-corrected chi connectivity index (χ4v) is 4.67. The Labute approximate surface area is 125 Å². The molecule has 0 amide bonds. The summed E-state index contributed by atoms with van der Waals surface area (Å²) in [6.07, 6.45) is 0.620. The van der Waals surface area contributed by atoms with E-state index in [0.29, 0.717) is 13.0 Å². The van der Waals surface area contributed by atoms with E-state index >= 15 is 0 Å².